The van der Waals surface area contributed by atoms with Gasteiger partial charge in [-0.2, -0.15) is 11.8 Å². The second-order valence-electron chi connectivity index (χ2n) is 2.49. The molecule has 0 saturated heterocycles. The molecule has 0 aromatic heterocycles. The zero-order valence-electron chi connectivity index (χ0n) is 7.70. The predicted molar refractivity (Wildman–Crippen MR) is 57.6 cm³/mol. The summed E-state index contributed by atoms with van der Waals surface area (Å²) in [7, 11) is 0. The highest BCUT2D eigenvalue weighted by Gasteiger charge is 2.17. The van der Waals surface area contributed by atoms with Gasteiger partial charge in [0.1, 0.15) is 6.04 Å². The summed E-state index contributed by atoms with van der Waals surface area (Å²) in [4.78, 5) is 21.3. The molecule has 0 saturated carbocycles. The first-order valence-corrected chi connectivity index (χ1v) is 5.50. The van der Waals surface area contributed by atoms with Gasteiger partial charge in [-0.3, -0.25) is 4.79 Å². The van der Waals surface area contributed by atoms with Crippen molar-refractivity contribution in [2.45, 2.75) is 13.0 Å². The number of thioether (sulfide) groups is 1. The molecule has 0 aromatic carbocycles. The SMILES string of the molecule is CC(=O)NC(CSC/C=C/Cl)C(=O)O. The Kier molecular flexibility index (Phi) is 7.32. The van der Waals surface area contributed by atoms with Gasteiger partial charge in [0.05, 0.1) is 0 Å². The van der Waals surface area contributed by atoms with Crippen LogP contribution in [-0.4, -0.2) is 34.5 Å². The Morgan fingerprint density at radius 2 is 2.29 bits per heavy atom. The van der Waals surface area contributed by atoms with Crippen molar-refractivity contribution < 1.29 is 14.7 Å². The summed E-state index contributed by atoms with van der Waals surface area (Å²) in [5, 5.41) is 11.0. The van der Waals surface area contributed by atoms with E-state index in [1.165, 1.54) is 24.2 Å². The van der Waals surface area contributed by atoms with Gasteiger partial charge in [-0.1, -0.05) is 17.7 Å². The van der Waals surface area contributed by atoms with Crippen LogP contribution in [0.4, 0.5) is 0 Å². The summed E-state index contributed by atoms with van der Waals surface area (Å²) >= 11 is 6.67. The summed E-state index contributed by atoms with van der Waals surface area (Å²) in [6.07, 6.45) is 1.71. The van der Waals surface area contributed by atoms with Crippen molar-refractivity contribution >= 4 is 35.2 Å². The Morgan fingerprint density at radius 3 is 2.71 bits per heavy atom. The van der Waals surface area contributed by atoms with E-state index in [-0.39, 0.29) is 5.91 Å². The number of halogens is 1. The standard InChI is InChI=1S/C8H12ClNO3S/c1-6(11)10-7(8(12)13)5-14-4-2-3-9/h2-3,7H,4-5H2,1H3,(H,10,11)(H,12,13)/b3-2+. The largest absolute Gasteiger partial charge is 0.480 e. The Labute approximate surface area is 91.7 Å². The highest BCUT2D eigenvalue weighted by molar-refractivity contribution is 7.99. The molecule has 0 rings (SSSR count). The molecule has 0 aromatic rings. The van der Waals surface area contributed by atoms with Gasteiger partial charge < -0.3 is 10.4 Å². The minimum absolute atomic E-state index is 0.330. The van der Waals surface area contributed by atoms with Gasteiger partial charge in [0, 0.05) is 24.0 Å². The summed E-state index contributed by atoms with van der Waals surface area (Å²) in [5.41, 5.74) is 1.38. The van der Waals surface area contributed by atoms with E-state index >= 15 is 0 Å². The second kappa shape index (κ2) is 7.70. The van der Waals surface area contributed by atoms with Crippen LogP contribution in [0.1, 0.15) is 6.92 Å². The molecular formula is C8H12ClNO3S. The van der Waals surface area contributed by atoms with E-state index in [2.05, 4.69) is 5.32 Å². The van der Waals surface area contributed by atoms with Gasteiger partial charge in [0.2, 0.25) is 5.91 Å². The topological polar surface area (TPSA) is 66.4 Å². The normalized spacial score (nSPS) is 12.7. The number of hydrogen-bond donors (Lipinski definition) is 2. The molecule has 4 nitrogen and oxygen atoms in total. The lowest BCUT2D eigenvalue weighted by Crippen LogP contribution is -2.41. The van der Waals surface area contributed by atoms with Crippen LogP contribution in [0.3, 0.4) is 0 Å². The van der Waals surface area contributed by atoms with Crippen LogP contribution >= 0.6 is 23.4 Å². The molecule has 0 aliphatic rings. The second-order valence-corrected chi connectivity index (χ2v) is 3.82. The first-order valence-electron chi connectivity index (χ1n) is 3.90. The minimum atomic E-state index is -1.03. The zero-order valence-corrected chi connectivity index (χ0v) is 9.27. The number of carbonyl (C=O) groups is 2. The molecule has 0 heterocycles. The summed E-state index contributed by atoms with van der Waals surface area (Å²) in [5.74, 6) is -0.406. The van der Waals surface area contributed by atoms with E-state index in [0.29, 0.717) is 11.5 Å². The first-order chi connectivity index (χ1) is 6.57. The maximum Gasteiger partial charge on any atom is 0.327 e. The Balaban J connectivity index is 3.85. The van der Waals surface area contributed by atoms with Crippen molar-refractivity contribution in [2.75, 3.05) is 11.5 Å². The lowest BCUT2D eigenvalue weighted by Gasteiger charge is -2.11. The first kappa shape index (κ1) is 13.3. The van der Waals surface area contributed by atoms with E-state index in [4.69, 9.17) is 16.7 Å². The van der Waals surface area contributed by atoms with Crippen LogP contribution in [0, 0.1) is 0 Å². The number of rotatable bonds is 6. The number of hydrogen-bond acceptors (Lipinski definition) is 3. The molecule has 0 aliphatic heterocycles. The quantitative estimate of drug-likeness (QED) is 0.678. The maximum absolute atomic E-state index is 10.6. The number of carboxylic acid groups (broad SMARTS) is 1. The number of nitrogens with one attached hydrogen (secondary N) is 1. The third kappa shape index (κ3) is 6.80. The van der Waals surface area contributed by atoms with Gasteiger partial charge in [-0.15, -0.1) is 0 Å². The Bertz CT molecular complexity index is 233. The van der Waals surface area contributed by atoms with Crippen molar-refractivity contribution in [3.8, 4) is 0 Å². The van der Waals surface area contributed by atoms with E-state index in [1.54, 1.807) is 6.08 Å². The summed E-state index contributed by atoms with van der Waals surface area (Å²) < 4.78 is 0. The number of amides is 1. The van der Waals surface area contributed by atoms with Crippen molar-refractivity contribution in [1.29, 1.82) is 0 Å². The van der Waals surface area contributed by atoms with Crippen LogP contribution in [0.25, 0.3) is 0 Å². The molecule has 1 atom stereocenters. The smallest absolute Gasteiger partial charge is 0.327 e. The van der Waals surface area contributed by atoms with Crippen LogP contribution in [0.15, 0.2) is 11.6 Å². The molecule has 6 heteroatoms. The van der Waals surface area contributed by atoms with Crippen molar-refractivity contribution in [3.63, 3.8) is 0 Å². The molecule has 14 heavy (non-hydrogen) atoms. The van der Waals surface area contributed by atoms with Crippen molar-refractivity contribution in [1.82, 2.24) is 5.32 Å². The molecule has 80 valence electrons. The fourth-order valence-electron chi connectivity index (χ4n) is 0.710. The van der Waals surface area contributed by atoms with Crippen LogP contribution < -0.4 is 5.32 Å². The maximum atomic E-state index is 10.6. The van der Waals surface area contributed by atoms with Gasteiger partial charge in [-0.25, -0.2) is 4.79 Å². The minimum Gasteiger partial charge on any atom is -0.480 e. The van der Waals surface area contributed by atoms with Gasteiger partial charge in [0.15, 0.2) is 0 Å². The molecule has 2 N–H and O–H groups in total. The Hall–Kier alpha value is -0.680. The monoisotopic (exact) mass is 237 g/mol. The lowest BCUT2D eigenvalue weighted by molar-refractivity contribution is -0.140. The summed E-state index contributed by atoms with van der Waals surface area (Å²) in [6.45, 7) is 1.29. The fraction of sp³-hybridized carbons (Fsp3) is 0.500. The number of aliphatic carboxylic acids is 1. The molecular weight excluding hydrogens is 226 g/mol. The van der Waals surface area contributed by atoms with Crippen LogP contribution in [-0.2, 0) is 9.59 Å². The van der Waals surface area contributed by atoms with Gasteiger partial charge >= 0.3 is 5.97 Å². The van der Waals surface area contributed by atoms with Crippen molar-refractivity contribution in [3.05, 3.63) is 11.6 Å². The molecule has 0 radical (unpaired) electrons. The van der Waals surface area contributed by atoms with Crippen molar-refractivity contribution in [2.24, 2.45) is 0 Å². The third-order valence-corrected chi connectivity index (χ3v) is 2.44. The highest BCUT2D eigenvalue weighted by Crippen LogP contribution is 2.04. The van der Waals surface area contributed by atoms with E-state index in [0.717, 1.165) is 0 Å². The average molecular weight is 238 g/mol. The number of carboxylic acids is 1. The fourth-order valence-corrected chi connectivity index (χ4v) is 1.74. The van der Waals surface area contributed by atoms with E-state index < -0.39 is 12.0 Å². The molecule has 1 unspecified atom stereocenters. The Morgan fingerprint density at radius 1 is 1.64 bits per heavy atom. The van der Waals surface area contributed by atoms with Crippen LogP contribution in [0.5, 0.6) is 0 Å². The predicted octanol–water partition coefficient (Wildman–Crippen LogP) is 1.06. The molecule has 0 aliphatic carbocycles. The van der Waals surface area contributed by atoms with Crippen LogP contribution in [0.2, 0.25) is 0 Å². The average Bonchev–Trinajstić information content (AvgIpc) is 2.09. The van der Waals surface area contributed by atoms with E-state index in [1.807, 2.05) is 0 Å². The van der Waals surface area contributed by atoms with E-state index in [9.17, 15) is 9.59 Å². The highest BCUT2D eigenvalue weighted by atomic mass is 35.5. The van der Waals surface area contributed by atoms with Gasteiger partial charge in [-0.05, 0) is 0 Å². The molecule has 0 bridgehead atoms. The third-order valence-electron chi connectivity index (χ3n) is 1.26. The molecule has 0 fully saturated rings. The molecule has 0 spiro atoms. The zero-order chi connectivity index (χ0) is 11.0. The molecule has 1 amide bonds. The lowest BCUT2D eigenvalue weighted by atomic mass is 10.3. The summed E-state index contributed by atoms with van der Waals surface area (Å²) in [6, 6.07) is -0.832. The van der Waals surface area contributed by atoms with Gasteiger partial charge in [0.25, 0.3) is 0 Å². The number of carbonyl (C=O) groups excluding carboxylic acids is 1.